The summed E-state index contributed by atoms with van der Waals surface area (Å²) in [6.45, 7) is 2.43. The zero-order chi connectivity index (χ0) is 20.7. The van der Waals surface area contributed by atoms with E-state index in [1.165, 1.54) is 24.3 Å². The Morgan fingerprint density at radius 2 is 1.83 bits per heavy atom. The van der Waals surface area contributed by atoms with E-state index in [1.54, 1.807) is 18.2 Å². The first-order chi connectivity index (χ1) is 14.6. The van der Waals surface area contributed by atoms with Crippen molar-refractivity contribution in [1.82, 2.24) is 5.01 Å². The van der Waals surface area contributed by atoms with Gasteiger partial charge in [0.05, 0.1) is 18.4 Å². The minimum Gasteiger partial charge on any atom is -0.490 e. The van der Waals surface area contributed by atoms with Gasteiger partial charge in [0.15, 0.2) is 11.5 Å². The quantitative estimate of drug-likeness (QED) is 0.565. The van der Waals surface area contributed by atoms with E-state index in [2.05, 4.69) is 0 Å². The van der Waals surface area contributed by atoms with E-state index in [-0.39, 0.29) is 17.7 Å². The molecular weight excluding hydrogens is 386 g/mol. The molecule has 0 aliphatic carbocycles. The summed E-state index contributed by atoms with van der Waals surface area (Å²) >= 11 is 0. The smallest absolute Gasteiger partial charge is 0.214 e. The number of rotatable bonds is 4. The van der Waals surface area contributed by atoms with Gasteiger partial charge in [-0.2, -0.15) is 5.10 Å². The number of hydrogen-bond donors (Lipinski definition) is 0. The second-order valence-electron chi connectivity index (χ2n) is 7.29. The van der Waals surface area contributed by atoms with Crippen LogP contribution in [0.1, 0.15) is 42.3 Å². The number of hydrogen-bond acceptors (Lipinski definition) is 4. The first kappa shape index (κ1) is 18.6. The number of halogens is 2. The van der Waals surface area contributed by atoms with Gasteiger partial charge in [0.2, 0.25) is 6.23 Å². The predicted molar refractivity (Wildman–Crippen MR) is 110 cm³/mol. The van der Waals surface area contributed by atoms with Gasteiger partial charge in [0, 0.05) is 17.5 Å². The highest BCUT2D eigenvalue weighted by molar-refractivity contribution is 6.02. The van der Waals surface area contributed by atoms with Gasteiger partial charge < -0.3 is 9.47 Å². The summed E-state index contributed by atoms with van der Waals surface area (Å²) in [6.07, 6.45) is 0.0291. The normalized spacial score (nSPS) is 19.6. The summed E-state index contributed by atoms with van der Waals surface area (Å²) in [5, 5.41) is 6.68. The zero-order valence-corrected chi connectivity index (χ0v) is 16.4. The van der Waals surface area contributed by atoms with Crippen molar-refractivity contribution >= 4 is 5.71 Å². The van der Waals surface area contributed by atoms with Crippen molar-refractivity contribution in [2.24, 2.45) is 5.10 Å². The molecule has 0 saturated carbocycles. The fourth-order valence-corrected chi connectivity index (χ4v) is 4.05. The molecule has 0 N–H and O–H groups in total. The molecule has 30 heavy (non-hydrogen) atoms. The highest BCUT2D eigenvalue weighted by atomic mass is 19.1. The van der Waals surface area contributed by atoms with Crippen molar-refractivity contribution < 1.29 is 18.3 Å². The maximum absolute atomic E-state index is 14.0. The van der Waals surface area contributed by atoms with Crippen LogP contribution in [0.4, 0.5) is 8.78 Å². The van der Waals surface area contributed by atoms with Gasteiger partial charge in [-0.1, -0.05) is 36.4 Å². The van der Waals surface area contributed by atoms with Gasteiger partial charge in [0.1, 0.15) is 11.6 Å². The highest BCUT2D eigenvalue weighted by Gasteiger charge is 2.42. The molecule has 0 unspecified atom stereocenters. The van der Waals surface area contributed by atoms with Gasteiger partial charge in [-0.3, -0.25) is 0 Å². The molecule has 2 aliphatic rings. The lowest BCUT2D eigenvalue weighted by atomic mass is 9.95. The molecule has 0 radical (unpaired) electrons. The highest BCUT2D eigenvalue weighted by Crippen LogP contribution is 2.50. The molecule has 0 amide bonds. The molecular formula is C24H20F2N2O2. The van der Waals surface area contributed by atoms with Crippen LogP contribution in [0.5, 0.6) is 11.5 Å². The Labute approximate surface area is 173 Å². The van der Waals surface area contributed by atoms with E-state index in [0.29, 0.717) is 30.1 Å². The second-order valence-corrected chi connectivity index (χ2v) is 7.29. The fourth-order valence-electron chi connectivity index (χ4n) is 4.05. The predicted octanol–water partition coefficient (Wildman–Crippen LogP) is 5.61. The molecule has 152 valence electrons. The number of para-hydroxylation sites is 1. The van der Waals surface area contributed by atoms with E-state index in [4.69, 9.17) is 14.6 Å². The summed E-state index contributed by atoms with van der Waals surface area (Å²) in [7, 11) is 0. The maximum atomic E-state index is 14.0. The molecule has 0 fully saturated rings. The summed E-state index contributed by atoms with van der Waals surface area (Å²) < 4.78 is 39.5. The Bertz CT molecular complexity index is 1110. The first-order valence-electron chi connectivity index (χ1n) is 9.93. The molecule has 2 atom stereocenters. The second kappa shape index (κ2) is 7.44. The van der Waals surface area contributed by atoms with Crippen molar-refractivity contribution in [3.63, 3.8) is 0 Å². The molecule has 0 bridgehead atoms. The lowest BCUT2D eigenvalue weighted by Gasteiger charge is -2.38. The summed E-state index contributed by atoms with van der Waals surface area (Å²) in [5.41, 5.74) is 3.32. The van der Waals surface area contributed by atoms with Crippen LogP contribution in [0.15, 0.2) is 71.8 Å². The molecule has 2 aliphatic heterocycles. The molecule has 3 aromatic carbocycles. The van der Waals surface area contributed by atoms with Crippen LogP contribution in [0.2, 0.25) is 0 Å². The van der Waals surface area contributed by atoms with E-state index in [1.807, 2.05) is 36.2 Å². The third-order valence-electron chi connectivity index (χ3n) is 5.39. The van der Waals surface area contributed by atoms with E-state index in [9.17, 15) is 8.78 Å². The van der Waals surface area contributed by atoms with Gasteiger partial charge in [-0.05, 0) is 42.8 Å². The number of ether oxygens (including phenoxy) is 2. The van der Waals surface area contributed by atoms with Crippen LogP contribution in [0.3, 0.4) is 0 Å². The van der Waals surface area contributed by atoms with Crippen molar-refractivity contribution in [3.05, 3.63) is 95.1 Å². The van der Waals surface area contributed by atoms with Crippen molar-refractivity contribution in [2.45, 2.75) is 25.6 Å². The van der Waals surface area contributed by atoms with Crippen LogP contribution >= 0.6 is 0 Å². The van der Waals surface area contributed by atoms with Crippen LogP contribution < -0.4 is 9.47 Å². The SMILES string of the molecule is CCOc1cccc2c1O[C@@H](c1cccc(F)c1)N1N=C(c3ccc(F)cc3)C[C@@H]21. The van der Waals surface area contributed by atoms with Crippen LogP contribution in [-0.4, -0.2) is 17.3 Å². The Hall–Kier alpha value is -3.41. The Morgan fingerprint density at radius 3 is 2.60 bits per heavy atom. The molecule has 6 heteroatoms. The number of benzene rings is 3. The molecule has 3 aromatic rings. The van der Waals surface area contributed by atoms with Crippen LogP contribution in [0, 0.1) is 11.6 Å². The van der Waals surface area contributed by atoms with E-state index >= 15 is 0 Å². The summed E-state index contributed by atoms with van der Waals surface area (Å²) in [4.78, 5) is 0. The monoisotopic (exact) mass is 406 g/mol. The molecule has 0 saturated heterocycles. The molecule has 2 heterocycles. The third-order valence-corrected chi connectivity index (χ3v) is 5.39. The zero-order valence-electron chi connectivity index (χ0n) is 16.4. The van der Waals surface area contributed by atoms with Crippen molar-refractivity contribution in [1.29, 1.82) is 0 Å². The average Bonchev–Trinajstić information content (AvgIpc) is 3.20. The lowest BCUT2D eigenvalue weighted by Crippen LogP contribution is -2.34. The Balaban J connectivity index is 1.61. The largest absolute Gasteiger partial charge is 0.490 e. The minimum absolute atomic E-state index is 0.0949. The summed E-state index contributed by atoms with van der Waals surface area (Å²) in [6, 6.07) is 18.4. The third kappa shape index (κ3) is 3.18. The van der Waals surface area contributed by atoms with Crippen molar-refractivity contribution in [2.75, 3.05) is 6.61 Å². The average molecular weight is 406 g/mol. The topological polar surface area (TPSA) is 34.1 Å². The number of hydrazone groups is 1. The van der Waals surface area contributed by atoms with E-state index < -0.39 is 6.23 Å². The van der Waals surface area contributed by atoms with Crippen molar-refractivity contribution in [3.8, 4) is 11.5 Å². The number of nitrogens with zero attached hydrogens (tertiary/aromatic N) is 2. The standard InChI is InChI=1S/C24H20F2N2O2/c1-2-29-22-8-4-7-19-21-14-20(15-9-11-17(25)12-10-15)27-28(21)24(30-23(19)22)16-5-3-6-18(26)13-16/h3-13,21,24H,2,14H2,1H3/t21-,24-/m0/s1. The summed E-state index contributed by atoms with van der Waals surface area (Å²) in [5.74, 6) is 0.693. The first-order valence-corrected chi connectivity index (χ1v) is 9.93. The Kier molecular flexibility index (Phi) is 4.62. The Morgan fingerprint density at radius 1 is 1.03 bits per heavy atom. The molecule has 0 aromatic heterocycles. The van der Waals surface area contributed by atoms with Crippen LogP contribution in [0.25, 0.3) is 0 Å². The van der Waals surface area contributed by atoms with Gasteiger partial charge in [0.25, 0.3) is 0 Å². The van der Waals surface area contributed by atoms with Gasteiger partial charge >= 0.3 is 0 Å². The minimum atomic E-state index is -0.599. The molecule has 0 spiro atoms. The fraction of sp³-hybridized carbons (Fsp3) is 0.208. The van der Waals surface area contributed by atoms with Gasteiger partial charge in [-0.25, -0.2) is 13.8 Å². The van der Waals surface area contributed by atoms with E-state index in [0.717, 1.165) is 16.8 Å². The van der Waals surface area contributed by atoms with Gasteiger partial charge in [-0.15, -0.1) is 0 Å². The van der Waals surface area contributed by atoms with Crippen LogP contribution in [-0.2, 0) is 0 Å². The molecule has 5 rings (SSSR count). The molecule has 4 nitrogen and oxygen atoms in total. The maximum Gasteiger partial charge on any atom is 0.214 e. The lowest BCUT2D eigenvalue weighted by molar-refractivity contribution is -0.0214. The number of fused-ring (bicyclic) bond motifs is 3.